The average Bonchev–Trinajstić information content (AvgIpc) is 3.15. The van der Waals surface area contributed by atoms with Crippen molar-refractivity contribution in [1.29, 1.82) is 5.41 Å². The number of nitrogens with one attached hydrogen (secondary N) is 1. The van der Waals surface area contributed by atoms with Gasteiger partial charge in [-0.3, -0.25) is 9.59 Å². The summed E-state index contributed by atoms with van der Waals surface area (Å²) in [5.74, 6) is 0.108. The van der Waals surface area contributed by atoms with Gasteiger partial charge in [0.1, 0.15) is 0 Å². The molecule has 2 aliphatic heterocycles. The van der Waals surface area contributed by atoms with Crippen molar-refractivity contribution in [3.8, 4) is 0 Å². The number of rotatable bonds is 4. The minimum absolute atomic E-state index is 0.108. The van der Waals surface area contributed by atoms with E-state index < -0.39 is 5.41 Å². The van der Waals surface area contributed by atoms with Gasteiger partial charge in [0, 0.05) is 43.3 Å². The van der Waals surface area contributed by atoms with E-state index in [0.29, 0.717) is 25.2 Å². The van der Waals surface area contributed by atoms with Crippen molar-refractivity contribution in [3.05, 3.63) is 36.0 Å². The van der Waals surface area contributed by atoms with E-state index in [1.807, 2.05) is 24.3 Å². The first-order valence-electron chi connectivity index (χ1n) is 7.68. The van der Waals surface area contributed by atoms with Gasteiger partial charge in [-0.1, -0.05) is 12.1 Å². The normalized spacial score (nSPS) is 24.5. The number of anilines is 1. The van der Waals surface area contributed by atoms with Gasteiger partial charge >= 0.3 is 0 Å². The van der Waals surface area contributed by atoms with Gasteiger partial charge in [0.2, 0.25) is 12.3 Å². The van der Waals surface area contributed by atoms with Crippen LogP contribution in [-0.2, 0) is 9.59 Å². The van der Waals surface area contributed by atoms with Gasteiger partial charge in [-0.25, -0.2) is 0 Å². The molecule has 1 unspecified atom stereocenters. The molecular formula is C17H20N4O2. The fourth-order valence-corrected chi connectivity index (χ4v) is 3.50. The predicted octanol–water partition coefficient (Wildman–Crippen LogP) is 1.22. The fourth-order valence-electron chi connectivity index (χ4n) is 3.50. The van der Waals surface area contributed by atoms with Crippen LogP contribution in [0.3, 0.4) is 0 Å². The molecule has 0 aromatic heterocycles. The number of nitrogens with two attached hydrogens (primary N) is 1. The zero-order valence-corrected chi connectivity index (χ0v) is 12.9. The summed E-state index contributed by atoms with van der Waals surface area (Å²) in [6.07, 6.45) is 4.96. The molecule has 0 radical (unpaired) electrons. The number of carbonyl (C=O) groups is 2. The van der Waals surface area contributed by atoms with E-state index in [9.17, 15) is 9.59 Å². The SMILES string of the molecule is N=C/C(=C\N)c1ccc(N2CCC3(CCN(C=O)C3)C2=O)cc1. The smallest absolute Gasteiger partial charge is 0.235 e. The molecule has 120 valence electrons. The van der Waals surface area contributed by atoms with Gasteiger partial charge in [0.25, 0.3) is 0 Å². The van der Waals surface area contributed by atoms with Crippen LogP contribution in [0.25, 0.3) is 5.57 Å². The lowest BCUT2D eigenvalue weighted by atomic mass is 9.85. The molecule has 2 heterocycles. The molecule has 3 N–H and O–H groups in total. The number of carbonyl (C=O) groups excluding carboxylic acids is 2. The third-order valence-electron chi connectivity index (χ3n) is 4.89. The van der Waals surface area contributed by atoms with Crippen molar-refractivity contribution in [3.63, 3.8) is 0 Å². The van der Waals surface area contributed by atoms with E-state index in [1.54, 1.807) is 9.80 Å². The second kappa shape index (κ2) is 5.87. The predicted molar refractivity (Wildman–Crippen MR) is 89.0 cm³/mol. The summed E-state index contributed by atoms with van der Waals surface area (Å²) >= 11 is 0. The molecule has 6 nitrogen and oxygen atoms in total. The third kappa shape index (κ3) is 2.50. The van der Waals surface area contributed by atoms with Gasteiger partial charge in [-0.2, -0.15) is 0 Å². The van der Waals surface area contributed by atoms with Crippen molar-refractivity contribution in [1.82, 2.24) is 4.90 Å². The molecule has 2 aliphatic rings. The Labute approximate surface area is 135 Å². The van der Waals surface area contributed by atoms with E-state index in [0.717, 1.165) is 30.5 Å². The van der Waals surface area contributed by atoms with E-state index in [4.69, 9.17) is 11.1 Å². The zero-order valence-electron chi connectivity index (χ0n) is 12.9. The van der Waals surface area contributed by atoms with E-state index in [2.05, 4.69) is 0 Å². The summed E-state index contributed by atoms with van der Waals surface area (Å²) < 4.78 is 0. The number of amides is 2. The van der Waals surface area contributed by atoms with Crippen LogP contribution in [0.15, 0.2) is 30.5 Å². The van der Waals surface area contributed by atoms with Crippen molar-refractivity contribution >= 4 is 29.8 Å². The Kier molecular flexibility index (Phi) is 3.90. The van der Waals surface area contributed by atoms with Gasteiger partial charge in [0.15, 0.2) is 0 Å². The number of allylic oxidation sites excluding steroid dienone is 1. The molecule has 0 saturated carbocycles. The van der Waals surface area contributed by atoms with E-state index >= 15 is 0 Å². The summed E-state index contributed by atoms with van der Waals surface area (Å²) in [6.45, 7) is 1.86. The van der Waals surface area contributed by atoms with Crippen LogP contribution in [0.5, 0.6) is 0 Å². The molecule has 2 saturated heterocycles. The summed E-state index contributed by atoms with van der Waals surface area (Å²) in [5, 5.41) is 7.33. The Morgan fingerprint density at radius 2 is 1.91 bits per heavy atom. The average molecular weight is 312 g/mol. The highest BCUT2D eigenvalue weighted by Crippen LogP contribution is 2.41. The van der Waals surface area contributed by atoms with E-state index in [-0.39, 0.29) is 5.91 Å². The van der Waals surface area contributed by atoms with Crippen LogP contribution in [0, 0.1) is 10.8 Å². The summed E-state index contributed by atoms with van der Waals surface area (Å²) in [4.78, 5) is 27.3. The summed E-state index contributed by atoms with van der Waals surface area (Å²) in [6, 6.07) is 7.49. The lowest BCUT2D eigenvalue weighted by Gasteiger charge is -2.22. The molecule has 0 bridgehead atoms. The molecule has 1 atom stereocenters. The van der Waals surface area contributed by atoms with Crippen LogP contribution in [0.4, 0.5) is 5.69 Å². The highest BCUT2D eigenvalue weighted by Gasteiger charge is 2.50. The van der Waals surface area contributed by atoms with Crippen LogP contribution in [0.1, 0.15) is 18.4 Å². The molecule has 6 heteroatoms. The maximum Gasteiger partial charge on any atom is 0.235 e. The molecule has 3 rings (SSSR count). The van der Waals surface area contributed by atoms with E-state index in [1.165, 1.54) is 12.4 Å². The van der Waals surface area contributed by atoms with Gasteiger partial charge in [-0.05, 0) is 30.5 Å². The second-order valence-corrected chi connectivity index (χ2v) is 6.13. The van der Waals surface area contributed by atoms with Crippen LogP contribution < -0.4 is 10.6 Å². The topological polar surface area (TPSA) is 90.5 Å². The molecule has 2 fully saturated rings. The molecule has 2 amide bonds. The third-order valence-corrected chi connectivity index (χ3v) is 4.89. The Morgan fingerprint density at radius 3 is 2.48 bits per heavy atom. The molecule has 23 heavy (non-hydrogen) atoms. The van der Waals surface area contributed by atoms with Crippen molar-refractivity contribution < 1.29 is 9.59 Å². The number of likely N-dealkylation sites (tertiary alicyclic amines) is 1. The highest BCUT2D eigenvalue weighted by molar-refractivity contribution is 6.08. The van der Waals surface area contributed by atoms with Gasteiger partial charge in [0.05, 0.1) is 5.41 Å². The maximum atomic E-state index is 12.8. The first kappa shape index (κ1) is 15.3. The molecule has 1 aromatic carbocycles. The number of nitrogens with zero attached hydrogens (tertiary/aromatic N) is 2. The van der Waals surface area contributed by atoms with Crippen molar-refractivity contribution in [2.75, 3.05) is 24.5 Å². The van der Waals surface area contributed by atoms with Gasteiger partial charge < -0.3 is 20.9 Å². The Morgan fingerprint density at radius 1 is 1.22 bits per heavy atom. The van der Waals surface area contributed by atoms with Gasteiger partial charge in [-0.15, -0.1) is 0 Å². The number of hydrogen-bond acceptors (Lipinski definition) is 4. The molecular weight excluding hydrogens is 292 g/mol. The fraction of sp³-hybridized carbons (Fsp3) is 0.353. The largest absolute Gasteiger partial charge is 0.404 e. The Balaban J connectivity index is 1.80. The second-order valence-electron chi connectivity index (χ2n) is 6.13. The highest BCUT2D eigenvalue weighted by atomic mass is 16.2. The zero-order chi connectivity index (χ0) is 16.4. The lowest BCUT2D eigenvalue weighted by Crippen LogP contribution is -2.36. The quantitative estimate of drug-likeness (QED) is 0.647. The Hall–Kier alpha value is -2.63. The minimum Gasteiger partial charge on any atom is -0.404 e. The molecule has 0 aliphatic carbocycles. The van der Waals surface area contributed by atoms with Crippen LogP contribution >= 0.6 is 0 Å². The van der Waals surface area contributed by atoms with Crippen molar-refractivity contribution in [2.45, 2.75) is 12.8 Å². The minimum atomic E-state index is -0.406. The number of hydrogen-bond donors (Lipinski definition) is 2. The molecule has 1 spiro atoms. The molecule has 1 aromatic rings. The maximum absolute atomic E-state index is 12.8. The standard InChI is InChI=1S/C17H20N4O2/c18-9-14(10-19)13-1-3-15(4-2-13)21-8-6-17(16(21)23)5-7-20(11-17)12-22/h1-4,9-10,12,18H,5-8,11,19H2/b14-10+,18-9?. The first-order valence-corrected chi connectivity index (χ1v) is 7.68. The summed E-state index contributed by atoms with van der Waals surface area (Å²) in [7, 11) is 0. The summed E-state index contributed by atoms with van der Waals surface area (Å²) in [5.41, 5.74) is 7.42. The van der Waals surface area contributed by atoms with Crippen molar-refractivity contribution in [2.24, 2.45) is 11.1 Å². The number of benzene rings is 1. The first-order chi connectivity index (χ1) is 11.1. The van der Waals surface area contributed by atoms with Crippen LogP contribution in [0.2, 0.25) is 0 Å². The lowest BCUT2D eigenvalue weighted by molar-refractivity contribution is -0.125. The van der Waals surface area contributed by atoms with Crippen LogP contribution in [-0.4, -0.2) is 43.1 Å². The Bertz CT molecular complexity index is 668. The monoisotopic (exact) mass is 312 g/mol.